The lowest BCUT2D eigenvalue weighted by Crippen LogP contribution is -1.87. The maximum Gasteiger partial charge on any atom is 0.0307 e. The third-order valence-electron chi connectivity index (χ3n) is 1.43. The Balaban J connectivity index is 3.05. The quantitative estimate of drug-likeness (QED) is 0.786. The van der Waals surface area contributed by atoms with Crippen LogP contribution in [0.2, 0.25) is 0 Å². The number of hydrogen-bond donors (Lipinski definition) is 1. The van der Waals surface area contributed by atoms with Gasteiger partial charge in [0.15, 0.2) is 0 Å². The smallest absolute Gasteiger partial charge is 0.0307 e. The normalized spacial score (nSPS) is 11.4. The van der Waals surface area contributed by atoms with Crippen LogP contribution < -0.4 is 5.48 Å². The van der Waals surface area contributed by atoms with Gasteiger partial charge >= 0.3 is 0 Å². The molecule has 3 heteroatoms. The summed E-state index contributed by atoms with van der Waals surface area (Å²) in [6.45, 7) is 1.92. The Morgan fingerprint density at radius 1 is 1.50 bits per heavy atom. The van der Waals surface area contributed by atoms with Crippen molar-refractivity contribution in [2.75, 3.05) is 5.48 Å². The van der Waals surface area contributed by atoms with Gasteiger partial charge in [0.05, 0.1) is 0 Å². The van der Waals surface area contributed by atoms with Gasteiger partial charge in [0, 0.05) is 5.69 Å². The van der Waals surface area contributed by atoms with Crippen LogP contribution in [0.4, 0.5) is 5.69 Å². The summed E-state index contributed by atoms with van der Waals surface area (Å²) in [4.78, 5) is 0. The third kappa shape index (κ3) is 2.36. The van der Waals surface area contributed by atoms with Crippen molar-refractivity contribution < 1.29 is 0 Å². The Morgan fingerprint density at radius 2 is 2.17 bits per heavy atom. The van der Waals surface area contributed by atoms with E-state index in [1.165, 1.54) is 0 Å². The molecule has 0 unspecified atom stereocenters. The second kappa shape index (κ2) is 4.28. The monoisotopic (exact) mass is 226 g/mol. The lowest BCUT2D eigenvalue weighted by atomic mass is 10.2. The number of anilines is 1. The molecular weight excluding hydrogens is 218 g/mol. The van der Waals surface area contributed by atoms with Crippen LogP contribution in [0.25, 0.3) is 6.08 Å². The average Bonchev–Trinajstić information content (AvgIpc) is 2.04. The predicted molar refractivity (Wildman–Crippen MR) is 56.0 cm³/mol. The van der Waals surface area contributed by atoms with E-state index < -0.39 is 0 Å². The summed E-state index contributed by atoms with van der Waals surface area (Å²) in [5.41, 5.74) is 3.37. The van der Waals surface area contributed by atoms with E-state index in [1.807, 2.05) is 36.7 Å². The van der Waals surface area contributed by atoms with Crippen LogP contribution >= 0.6 is 15.9 Å². The highest BCUT2D eigenvalue weighted by atomic mass is 79.9. The predicted octanol–water partition coefficient (Wildman–Crippen LogP) is 3.35. The molecule has 0 radical (unpaired) electrons. The van der Waals surface area contributed by atoms with E-state index in [1.54, 1.807) is 6.07 Å². The van der Waals surface area contributed by atoms with Gasteiger partial charge in [0.2, 0.25) is 0 Å². The fraction of sp³-hybridized carbons (Fsp3) is 0.111. The van der Waals surface area contributed by atoms with E-state index in [2.05, 4.69) is 15.9 Å². The van der Waals surface area contributed by atoms with Crippen LogP contribution in [-0.4, -0.2) is 0 Å². The van der Waals surface area contributed by atoms with E-state index in [-0.39, 0.29) is 0 Å². The van der Waals surface area contributed by atoms with Gasteiger partial charge in [-0.15, -0.1) is 0 Å². The molecule has 1 aromatic rings. The fourth-order valence-electron chi connectivity index (χ4n) is 0.930. The van der Waals surface area contributed by atoms with Gasteiger partial charge in [-0.3, -0.25) is 0 Å². The van der Waals surface area contributed by atoms with Gasteiger partial charge in [-0.1, -0.05) is 34.1 Å². The number of halogens is 1. The maximum absolute atomic E-state index is 10.4. The molecule has 1 rings (SSSR count). The Morgan fingerprint density at radius 3 is 2.75 bits per heavy atom. The first kappa shape index (κ1) is 9.29. The molecule has 2 nitrogen and oxygen atoms in total. The summed E-state index contributed by atoms with van der Waals surface area (Å²) in [6.07, 6.45) is 1.89. The molecule has 0 heterocycles. The molecule has 0 spiro atoms. The van der Waals surface area contributed by atoms with Gasteiger partial charge in [-0.05, 0) is 29.1 Å². The molecule has 1 aromatic carbocycles. The first-order chi connectivity index (χ1) is 5.74. The minimum atomic E-state index is 0.594. The third-order valence-corrected chi connectivity index (χ3v) is 1.65. The topological polar surface area (TPSA) is 35.1 Å². The summed E-state index contributed by atoms with van der Waals surface area (Å²) in [5, 5.41) is 10.4. The molecule has 12 heavy (non-hydrogen) atoms. The largest absolute Gasteiger partial charge is 0.761 e. The lowest BCUT2D eigenvalue weighted by Gasteiger charge is -2.12. The minimum Gasteiger partial charge on any atom is -0.761 e. The van der Waals surface area contributed by atoms with E-state index in [9.17, 15) is 5.21 Å². The Labute approximate surface area is 80.0 Å². The summed E-state index contributed by atoms with van der Waals surface area (Å²) in [6, 6.07) is 7.34. The van der Waals surface area contributed by atoms with Gasteiger partial charge in [-0.25, -0.2) is 0 Å². The van der Waals surface area contributed by atoms with Crippen molar-refractivity contribution in [3.8, 4) is 0 Å². The summed E-state index contributed by atoms with van der Waals surface area (Å²) in [5.74, 6) is 0. The fourth-order valence-corrected chi connectivity index (χ4v) is 1.18. The number of allylic oxidation sites excluding steroid dienone is 1. The summed E-state index contributed by atoms with van der Waals surface area (Å²) in [7, 11) is 0. The molecule has 0 saturated carbocycles. The molecule has 0 atom stereocenters. The van der Waals surface area contributed by atoms with Gasteiger partial charge in [0.25, 0.3) is 0 Å². The number of hydrogen-bond acceptors (Lipinski definition) is 2. The molecular formula is C9H9BrNO-. The lowest BCUT2D eigenvalue weighted by molar-refractivity contribution is 1.56. The van der Waals surface area contributed by atoms with E-state index in [4.69, 9.17) is 0 Å². The van der Waals surface area contributed by atoms with Gasteiger partial charge < -0.3 is 10.7 Å². The van der Waals surface area contributed by atoms with E-state index >= 15 is 0 Å². The van der Waals surface area contributed by atoms with Crippen LogP contribution in [0.3, 0.4) is 0 Å². The van der Waals surface area contributed by atoms with E-state index in [0.29, 0.717) is 5.69 Å². The molecule has 64 valence electrons. The summed E-state index contributed by atoms with van der Waals surface area (Å²) >= 11 is 3.31. The molecule has 0 amide bonds. The summed E-state index contributed by atoms with van der Waals surface area (Å²) < 4.78 is 0.991. The Bertz CT molecular complexity index is 292. The highest BCUT2D eigenvalue weighted by molar-refractivity contribution is 9.11. The molecule has 0 aromatic heterocycles. The van der Waals surface area contributed by atoms with Crippen molar-refractivity contribution in [1.29, 1.82) is 0 Å². The molecule has 0 aliphatic rings. The molecule has 0 saturated heterocycles. The SMILES string of the molecule is C/C(Br)=C\c1ccccc1N[O-]. The zero-order valence-electron chi connectivity index (χ0n) is 6.67. The number of rotatable bonds is 2. The van der Waals surface area contributed by atoms with Crippen LogP contribution in [0.5, 0.6) is 0 Å². The van der Waals surface area contributed by atoms with Crippen molar-refractivity contribution >= 4 is 27.7 Å². The van der Waals surface area contributed by atoms with Crippen LogP contribution in [0.15, 0.2) is 28.7 Å². The van der Waals surface area contributed by atoms with Gasteiger partial charge in [0.1, 0.15) is 0 Å². The van der Waals surface area contributed by atoms with Crippen LogP contribution in [0.1, 0.15) is 12.5 Å². The number of benzene rings is 1. The average molecular weight is 227 g/mol. The zero-order chi connectivity index (χ0) is 8.97. The zero-order valence-corrected chi connectivity index (χ0v) is 8.26. The molecule has 0 aliphatic heterocycles. The molecule has 0 bridgehead atoms. The van der Waals surface area contributed by atoms with Crippen molar-refractivity contribution in [2.45, 2.75) is 6.92 Å². The number of para-hydroxylation sites is 1. The standard InChI is InChI=1S/C9H9BrNO/c1-7(10)6-8-4-2-3-5-9(8)11-12/h2-6,11H,1H3/q-1/b7-6+. The molecule has 1 N–H and O–H groups in total. The second-order valence-corrected chi connectivity index (χ2v) is 3.67. The molecule has 0 aliphatic carbocycles. The van der Waals surface area contributed by atoms with Crippen molar-refractivity contribution in [3.05, 3.63) is 39.5 Å². The van der Waals surface area contributed by atoms with E-state index in [0.717, 1.165) is 10.0 Å². The Kier molecular flexibility index (Phi) is 3.31. The van der Waals surface area contributed by atoms with Crippen molar-refractivity contribution in [1.82, 2.24) is 0 Å². The highest BCUT2D eigenvalue weighted by Crippen LogP contribution is 2.19. The minimum absolute atomic E-state index is 0.594. The van der Waals surface area contributed by atoms with Crippen molar-refractivity contribution in [3.63, 3.8) is 0 Å². The Hall–Kier alpha value is -0.800. The first-order valence-electron chi connectivity index (χ1n) is 3.55. The highest BCUT2D eigenvalue weighted by Gasteiger charge is 1.92. The van der Waals surface area contributed by atoms with Gasteiger partial charge in [-0.2, -0.15) is 0 Å². The van der Waals surface area contributed by atoms with Crippen LogP contribution in [0, 0.1) is 5.21 Å². The second-order valence-electron chi connectivity index (χ2n) is 2.42. The maximum atomic E-state index is 10.4. The van der Waals surface area contributed by atoms with Crippen molar-refractivity contribution in [2.24, 2.45) is 0 Å². The molecule has 0 fully saturated rings. The number of nitrogens with one attached hydrogen (secondary N) is 1. The van der Waals surface area contributed by atoms with Crippen LogP contribution in [-0.2, 0) is 0 Å². The first-order valence-corrected chi connectivity index (χ1v) is 4.34.